The predicted molar refractivity (Wildman–Crippen MR) is 96.5 cm³/mol. The average Bonchev–Trinajstić information content (AvgIpc) is 3.28. The SMILES string of the molecule is CCOc1ccccc1-c1noc(CSc2nc3cc(F)c(F)cc3[nH]2)n1. The van der Waals surface area contributed by atoms with Crippen molar-refractivity contribution in [2.45, 2.75) is 17.8 Å². The third-order valence-corrected chi connectivity index (χ3v) is 4.59. The first-order chi connectivity index (χ1) is 13.1. The van der Waals surface area contributed by atoms with Gasteiger partial charge in [-0.1, -0.05) is 29.1 Å². The number of halogens is 2. The Hall–Kier alpha value is -2.94. The topological polar surface area (TPSA) is 76.8 Å². The van der Waals surface area contributed by atoms with Crippen molar-refractivity contribution in [1.29, 1.82) is 0 Å². The first kappa shape index (κ1) is 17.5. The first-order valence-corrected chi connectivity index (χ1v) is 9.15. The second-order valence-electron chi connectivity index (χ2n) is 5.55. The number of nitrogens with zero attached hydrogens (tertiary/aromatic N) is 3. The molecule has 0 bridgehead atoms. The molecule has 2 heterocycles. The zero-order valence-electron chi connectivity index (χ0n) is 14.2. The molecule has 9 heteroatoms. The number of H-pyrrole nitrogens is 1. The van der Waals surface area contributed by atoms with Crippen molar-refractivity contribution in [2.75, 3.05) is 6.61 Å². The van der Waals surface area contributed by atoms with Gasteiger partial charge in [0.15, 0.2) is 16.8 Å². The molecule has 4 rings (SSSR count). The predicted octanol–water partition coefficient (Wildman–Crippen LogP) is 4.58. The molecule has 0 saturated carbocycles. The fourth-order valence-electron chi connectivity index (χ4n) is 2.54. The molecule has 0 atom stereocenters. The van der Waals surface area contributed by atoms with Crippen LogP contribution >= 0.6 is 11.8 Å². The number of fused-ring (bicyclic) bond motifs is 1. The maximum absolute atomic E-state index is 13.3. The molecule has 1 N–H and O–H groups in total. The lowest BCUT2D eigenvalue weighted by molar-refractivity contribution is 0.341. The summed E-state index contributed by atoms with van der Waals surface area (Å²) in [5.41, 5.74) is 1.52. The van der Waals surface area contributed by atoms with Crippen LogP contribution in [0.1, 0.15) is 12.8 Å². The average molecular weight is 388 g/mol. The minimum atomic E-state index is -0.931. The maximum atomic E-state index is 13.3. The van der Waals surface area contributed by atoms with Gasteiger partial charge < -0.3 is 14.2 Å². The van der Waals surface area contributed by atoms with Crippen LogP contribution in [0.25, 0.3) is 22.4 Å². The highest BCUT2D eigenvalue weighted by Crippen LogP contribution is 2.29. The summed E-state index contributed by atoms with van der Waals surface area (Å²) in [5.74, 6) is 0.0234. The maximum Gasteiger partial charge on any atom is 0.237 e. The monoisotopic (exact) mass is 388 g/mol. The van der Waals surface area contributed by atoms with Crippen LogP contribution in [0, 0.1) is 11.6 Å². The fraction of sp³-hybridized carbons (Fsp3) is 0.167. The van der Waals surface area contributed by atoms with E-state index in [4.69, 9.17) is 9.26 Å². The van der Waals surface area contributed by atoms with Gasteiger partial charge in [0.25, 0.3) is 0 Å². The Kier molecular flexibility index (Phi) is 4.76. The molecule has 6 nitrogen and oxygen atoms in total. The molecular weight excluding hydrogens is 374 g/mol. The van der Waals surface area contributed by atoms with Crippen LogP contribution in [0.5, 0.6) is 5.75 Å². The van der Waals surface area contributed by atoms with Gasteiger partial charge >= 0.3 is 0 Å². The van der Waals surface area contributed by atoms with E-state index in [0.717, 1.165) is 17.7 Å². The fourth-order valence-corrected chi connectivity index (χ4v) is 3.26. The van der Waals surface area contributed by atoms with Crippen LogP contribution in [0.15, 0.2) is 46.1 Å². The quantitative estimate of drug-likeness (QED) is 0.487. The number of imidazole rings is 1. The second kappa shape index (κ2) is 7.36. The van der Waals surface area contributed by atoms with E-state index in [2.05, 4.69) is 20.1 Å². The Labute approximate surface area is 157 Å². The van der Waals surface area contributed by atoms with Crippen molar-refractivity contribution < 1.29 is 18.0 Å². The zero-order chi connectivity index (χ0) is 18.8. The van der Waals surface area contributed by atoms with Crippen LogP contribution in [-0.4, -0.2) is 26.7 Å². The molecule has 0 radical (unpaired) electrons. The number of aromatic nitrogens is 4. The van der Waals surface area contributed by atoms with E-state index in [-0.39, 0.29) is 0 Å². The van der Waals surface area contributed by atoms with Crippen molar-refractivity contribution in [3.8, 4) is 17.1 Å². The molecule has 0 aliphatic rings. The van der Waals surface area contributed by atoms with Crippen LogP contribution < -0.4 is 4.74 Å². The highest BCUT2D eigenvalue weighted by molar-refractivity contribution is 7.98. The van der Waals surface area contributed by atoms with E-state index in [1.807, 2.05) is 31.2 Å². The largest absolute Gasteiger partial charge is 0.493 e. The van der Waals surface area contributed by atoms with Gasteiger partial charge in [-0.25, -0.2) is 13.8 Å². The Morgan fingerprint density at radius 3 is 2.81 bits per heavy atom. The van der Waals surface area contributed by atoms with Crippen LogP contribution in [0.2, 0.25) is 0 Å². The van der Waals surface area contributed by atoms with E-state index in [1.165, 1.54) is 11.8 Å². The lowest BCUT2D eigenvalue weighted by Crippen LogP contribution is -1.94. The van der Waals surface area contributed by atoms with Crippen LogP contribution in [0.3, 0.4) is 0 Å². The highest BCUT2D eigenvalue weighted by atomic mass is 32.2. The number of aromatic amines is 1. The number of ether oxygens (including phenoxy) is 1. The molecule has 0 fully saturated rings. The summed E-state index contributed by atoms with van der Waals surface area (Å²) >= 11 is 1.29. The Morgan fingerprint density at radius 1 is 1.15 bits per heavy atom. The third-order valence-electron chi connectivity index (χ3n) is 3.73. The summed E-state index contributed by atoms with van der Waals surface area (Å²) in [6.07, 6.45) is 0. The summed E-state index contributed by atoms with van der Waals surface area (Å²) in [6, 6.07) is 9.58. The first-order valence-electron chi connectivity index (χ1n) is 8.16. The Balaban J connectivity index is 1.50. The summed E-state index contributed by atoms with van der Waals surface area (Å²) < 4.78 is 37.4. The van der Waals surface area contributed by atoms with Gasteiger partial charge in [-0.3, -0.25) is 0 Å². The molecule has 0 aliphatic carbocycles. The van der Waals surface area contributed by atoms with Crippen molar-refractivity contribution in [1.82, 2.24) is 20.1 Å². The van der Waals surface area contributed by atoms with E-state index in [0.29, 0.717) is 46.0 Å². The number of benzene rings is 2. The Morgan fingerprint density at radius 2 is 1.96 bits per heavy atom. The molecule has 2 aromatic heterocycles. The number of rotatable bonds is 6. The molecule has 0 aliphatic heterocycles. The zero-order valence-corrected chi connectivity index (χ0v) is 15.0. The number of nitrogens with one attached hydrogen (secondary N) is 1. The molecule has 0 unspecified atom stereocenters. The molecule has 0 spiro atoms. The summed E-state index contributed by atoms with van der Waals surface area (Å²) in [6.45, 7) is 2.44. The number of para-hydroxylation sites is 1. The van der Waals surface area contributed by atoms with Crippen molar-refractivity contribution in [3.05, 3.63) is 53.9 Å². The third kappa shape index (κ3) is 3.63. The van der Waals surface area contributed by atoms with E-state index in [1.54, 1.807) is 0 Å². The lowest BCUT2D eigenvalue weighted by Gasteiger charge is -2.05. The van der Waals surface area contributed by atoms with Gasteiger partial charge in [0.05, 0.1) is 29.0 Å². The van der Waals surface area contributed by atoms with E-state index >= 15 is 0 Å². The molecule has 27 heavy (non-hydrogen) atoms. The van der Waals surface area contributed by atoms with Crippen molar-refractivity contribution in [3.63, 3.8) is 0 Å². The van der Waals surface area contributed by atoms with Crippen molar-refractivity contribution >= 4 is 22.8 Å². The molecule has 138 valence electrons. The van der Waals surface area contributed by atoms with Crippen molar-refractivity contribution in [2.24, 2.45) is 0 Å². The smallest absolute Gasteiger partial charge is 0.237 e. The molecular formula is C18H14F2N4O2S. The summed E-state index contributed by atoms with van der Waals surface area (Å²) in [7, 11) is 0. The minimum Gasteiger partial charge on any atom is -0.493 e. The standard InChI is InChI=1S/C18H14F2N4O2S/c1-2-25-15-6-4-3-5-10(15)17-23-16(26-24-17)9-27-18-21-13-7-11(19)12(20)8-14(13)22-18/h3-8H,2,9H2,1H3,(H,21,22). The van der Waals surface area contributed by atoms with E-state index in [9.17, 15) is 8.78 Å². The number of hydrogen-bond acceptors (Lipinski definition) is 6. The minimum absolute atomic E-state index is 0.355. The van der Waals surface area contributed by atoms with Gasteiger partial charge in [0, 0.05) is 12.1 Å². The van der Waals surface area contributed by atoms with Gasteiger partial charge in [-0.15, -0.1) is 0 Å². The summed E-state index contributed by atoms with van der Waals surface area (Å²) in [5, 5.41) is 4.50. The number of hydrogen-bond donors (Lipinski definition) is 1. The highest BCUT2D eigenvalue weighted by Gasteiger charge is 2.14. The van der Waals surface area contributed by atoms with Gasteiger partial charge in [0.1, 0.15) is 5.75 Å². The van der Waals surface area contributed by atoms with E-state index < -0.39 is 11.6 Å². The van der Waals surface area contributed by atoms with Gasteiger partial charge in [-0.05, 0) is 19.1 Å². The second-order valence-corrected chi connectivity index (χ2v) is 6.52. The lowest BCUT2D eigenvalue weighted by atomic mass is 10.2. The molecule has 0 amide bonds. The molecule has 2 aromatic carbocycles. The Bertz CT molecular complexity index is 1060. The van der Waals surface area contributed by atoms with Crippen LogP contribution in [-0.2, 0) is 5.75 Å². The van der Waals surface area contributed by atoms with Gasteiger partial charge in [0.2, 0.25) is 11.7 Å². The molecule has 4 aromatic rings. The molecule has 0 saturated heterocycles. The summed E-state index contributed by atoms with van der Waals surface area (Å²) in [4.78, 5) is 11.5. The number of thioether (sulfide) groups is 1. The van der Waals surface area contributed by atoms with Gasteiger partial charge in [-0.2, -0.15) is 4.98 Å². The normalized spacial score (nSPS) is 11.2. The van der Waals surface area contributed by atoms with Crippen LogP contribution in [0.4, 0.5) is 8.78 Å².